The zero-order chi connectivity index (χ0) is 41.2. The summed E-state index contributed by atoms with van der Waals surface area (Å²) in [4.78, 5) is 21.6. The van der Waals surface area contributed by atoms with Crippen LogP contribution in [0.3, 0.4) is 0 Å². The van der Waals surface area contributed by atoms with Crippen LogP contribution < -0.4 is 20.3 Å². The molecule has 0 fully saturated rings. The lowest BCUT2D eigenvalue weighted by atomic mass is 10.0. The van der Waals surface area contributed by atoms with Gasteiger partial charge in [0.1, 0.15) is 5.82 Å². The van der Waals surface area contributed by atoms with Crippen molar-refractivity contribution in [1.82, 2.24) is 24.3 Å². The van der Waals surface area contributed by atoms with Crippen molar-refractivity contribution in [2.45, 2.75) is 110 Å². The number of benzene rings is 3. The molecule has 0 unspecified atom stereocenters. The lowest BCUT2D eigenvalue weighted by molar-refractivity contribution is 0.165. The van der Waals surface area contributed by atoms with E-state index in [-0.39, 0.29) is 11.8 Å². The number of unbranched alkanes of at least 4 members (excludes halogenated alkanes) is 9. The summed E-state index contributed by atoms with van der Waals surface area (Å²) in [6.07, 6.45) is 14.2. The van der Waals surface area contributed by atoms with Crippen molar-refractivity contribution in [3.63, 3.8) is 0 Å². The van der Waals surface area contributed by atoms with E-state index in [4.69, 9.17) is 25.7 Å². The highest BCUT2D eigenvalue weighted by molar-refractivity contribution is 7.92. The highest BCUT2D eigenvalue weighted by Crippen LogP contribution is 2.38. The van der Waals surface area contributed by atoms with Crippen molar-refractivity contribution in [2.24, 2.45) is 0 Å². The normalized spacial score (nSPS) is 12.3. The molecule has 58 heavy (non-hydrogen) atoms. The Labute approximate surface area is 345 Å². The largest absolute Gasteiger partial charge is 0.476 e. The Kier molecular flexibility index (Phi) is 14.4. The number of aromatic amines is 1. The van der Waals surface area contributed by atoms with E-state index in [0.29, 0.717) is 46.0 Å². The Balaban J connectivity index is 0.000000237. The third-order valence-electron chi connectivity index (χ3n) is 10.2. The lowest BCUT2D eigenvalue weighted by Gasteiger charge is -2.18. The smallest absolute Gasteiger partial charge is 0.461 e. The van der Waals surface area contributed by atoms with E-state index in [1.165, 1.54) is 67.7 Å². The van der Waals surface area contributed by atoms with Crippen LogP contribution in [0.4, 0.5) is 11.5 Å². The van der Waals surface area contributed by atoms with Crippen LogP contribution in [-0.2, 0) is 28.0 Å². The number of aryl methyl sites for hydroxylation is 3. The van der Waals surface area contributed by atoms with Crippen LogP contribution in [0, 0.1) is 13.8 Å². The summed E-state index contributed by atoms with van der Waals surface area (Å²) in [5.74, 6) is 0.692. The molecule has 6 aromatic rings. The molecule has 4 heterocycles. The number of rotatable bonds is 18. The van der Waals surface area contributed by atoms with Gasteiger partial charge >= 0.3 is 5.76 Å². The minimum atomic E-state index is -3.90. The number of nitrogens with one attached hydrogen (secondary N) is 2. The first kappa shape index (κ1) is 42.6. The standard InChI is InChI=1S/C30H42N4O3S.C13H12ClN3O3/c1-4-5-6-7-8-9-10-11-12-13-15-25-16-14-17-26(22-25)28-31-30(29-32-37-23-34(28)29)38(35,36)33(3)27-20-18-24(2)19-21-27;1-3-19-12-10(8-5-4-7(2)6-9(8)14)11-16-20-13(18)17(11)15-12/h14,16-22,32H,4-13,15,23H2,1-3H3;4-6,16H,3H2,1-2H3. The minimum absolute atomic E-state index is 0.0341. The van der Waals surface area contributed by atoms with Gasteiger partial charge in [0.15, 0.2) is 18.2 Å². The summed E-state index contributed by atoms with van der Waals surface area (Å²) >= 11 is 6.29. The molecule has 3 aromatic heterocycles. The summed E-state index contributed by atoms with van der Waals surface area (Å²) in [6.45, 7) is 8.66. The van der Waals surface area contributed by atoms with Crippen molar-refractivity contribution in [3.05, 3.63) is 99.0 Å². The molecule has 0 saturated heterocycles. The van der Waals surface area contributed by atoms with Gasteiger partial charge in [0.2, 0.25) is 10.9 Å². The van der Waals surface area contributed by atoms with E-state index in [2.05, 4.69) is 39.8 Å². The first-order valence-corrected chi connectivity index (χ1v) is 22.0. The van der Waals surface area contributed by atoms with Gasteiger partial charge in [0.25, 0.3) is 10.0 Å². The van der Waals surface area contributed by atoms with E-state index < -0.39 is 15.8 Å². The molecular weight excluding hydrogens is 778 g/mol. The Bertz CT molecular complexity index is 2450. The van der Waals surface area contributed by atoms with Crippen LogP contribution >= 0.6 is 11.6 Å². The second kappa shape index (κ2) is 19.6. The van der Waals surface area contributed by atoms with Crippen LogP contribution in [0.25, 0.3) is 28.2 Å². The number of H-pyrrole nitrogens is 1. The first-order chi connectivity index (χ1) is 28.0. The molecule has 3 aromatic carbocycles. The van der Waals surface area contributed by atoms with E-state index in [9.17, 15) is 13.2 Å². The Morgan fingerprint density at radius 3 is 2.28 bits per heavy atom. The van der Waals surface area contributed by atoms with Crippen LogP contribution in [0.5, 0.6) is 5.88 Å². The number of ether oxygens (including phenoxy) is 1. The molecule has 2 N–H and O–H groups in total. The highest BCUT2D eigenvalue weighted by atomic mass is 35.5. The summed E-state index contributed by atoms with van der Waals surface area (Å²) in [6, 6.07) is 21.3. The predicted octanol–water partition coefficient (Wildman–Crippen LogP) is 10.1. The summed E-state index contributed by atoms with van der Waals surface area (Å²) in [5.41, 5.74) is 9.35. The molecule has 0 atom stereocenters. The zero-order valence-corrected chi connectivity index (χ0v) is 35.6. The maximum absolute atomic E-state index is 13.6. The number of sulfonamides is 1. The minimum Gasteiger partial charge on any atom is -0.476 e. The summed E-state index contributed by atoms with van der Waals surface area (Å²) < 4.78 is 41.5. The van der Waals surface area contributed by atoms with Gasteiger partial charge in [-0.3, -0.25) is 13.7 Å². The average molecular weight is 832 g/mol. The van der Waals surface area contributed by atoms with Gasteiger partial charge in [-0.2, -0.15) is 13.6 Å². The fraction of sp³-hybridized carbons (Fsp3) is 0.419. The molecule has 13 nitrogen and oxygen atoms in total. The fourth-order valence-electron chi connectivity index (χ4n) is 6.99. The van der Waals surface area contributed by atoms with Crippen LogP contribution in [0.1, 0.15) is 94.7 Å². The number of nitrogens with zero attached hydrogens (tertiary/aromatic N) is 5. The number of fused-ring (bicyclic) bond motifs is 2. The number of halogens is 1. The molecule has 1 aliphatic rings. The second-order valence-electron chi connectivity index (χ2n) is 14.7. The third-order valence-corrected chi connectivity index (χ3v) is 12.3. The first-order valence-electron chi connectivity index (χ1n) is 20.2. The zero-order valence-electron chi connectivity index (χ0n) is 34.0. The van der Waals surface area contributed by atoms with E-state index in [1.54, 1.807) is 23.7 Å². The molecule has 0 aliphatic carbocycles. The van der Waals surface area contributed by atoms with Gasteiger partial charge in [-0.1, -0.05) is 124 Å². The quantitative estimate of drug-likeness (QED) is 0.0807. The van der Waals surface area contributed by atoms with Crippen LogP contribution in [0.2, 0.25) is 5.02 Å². The molecule has 7 rings (SSSR count). The number of anilines is 2. The van der Waals surface area contributed by atoms with Crippen LogP contribution in [-0.4, -0.2) is 46.4 Å². The molecule has 15 heteroatoms. The van der Waals surface area contributed by atoms with E-state index >= 15 is 0 Å². The number of hydrogen-bond donors (Lipinski definition) is 2. The van der Waals surface area contributed by atoms with Gasteiger partial charge in [0.05, 0.1) is 17.9 Å². The predicted molar refractivity (Wildman–Crippen MR) is 229 cm³/mol. The van der Waals surface area contributed by atoms with Gasteiger partial charge < -0.3 is 9.26 Å². The SMILES string of the molecule is CCCCCCCCCCCCc1cccc(-c2nc(S(=O)(=O)N(C)c3ccc(C)cc3)c3n2CON3)c1.CCOc1nn2c(=O)o[nH]c2c1-c1ccc(C)cc1Cl. The summed E-state index contributed by atoms with van der Waals surface area (Å²) in [5, 5.41) is 7.17. The monoisotopic (exact) mass is 831 g/mol. The average Bonchev–Trinajstić information content (AvgIpc) is 4.00. The van der Waals surface area contributed by atoms with Gasteiger partial charge in [0, 0.05) is 23.2 Å². The third kappa shape index (κ3) is 9.79. The molecule has 0 bridgehead atoms. The van der Waals surface area contributed by atoms with Gasteiger partial charge in [-0.15, -0.1) is 9.61 Å². The number of aromatic nitrogens is 5. The van der Waals surface area contributed by atoms with Crippen molar-refractivity contribution in [2.75, 3.05) is 23.4 Å². The maximum Gasteiger partial charge on any atom is 0.461 e. The van der Waals surface area contributed by atoms with Gasteiger partial charge in [-0.05, 0) is 69.0 Å². The number of imidazole rings is 1. The molecule has 1 aliphatic heterocycles. The van der Waals surface area contributed by atoms with E-state index in [1.807, 2.05) is 63.2 Å². The molecule has 0 amide bonds. The molecule has 0 saturated carbocycles. The topological polar surface area (TPSA) is 149 Å². The molecular formula is C43H54ClN7O6S. The number of hydrogen-bond acceptors (Lipinski definition) is 9. The van der Waals surface area contributed by atoms with E-state index in [0.717, 1.165) is 39.6 Å². The van der Waals surface area contributed by atoms with Gasteiger partial charge in [-0.25, -0.2) is 15.3 Å². The Hall–Kier alpha value is -5.05. The second-order valence-corrected chi connectivity index (χ2v) is 17.0. The van der Waals surface area contributed by atoms with Crippen molar-refractivity contribution in [1.29, 1.82) is 0 Å². The van der Waals surface area contributed by atoms with Crippen molar-refractivity contribution < 1.29 is 22.5 Å². The summed E-state index contributed by atoms with van der Waals surface area (Å²) in [7, 11) is -2.35. The van der Waals surface area contributed by atoms with Crippen molar-refractivity contribution in [3.8, 4) is 28.4 Å². The Morgan fingerprint density at radius 1 is 0.897 bits per heavy atom. The molecule has 0 spiro atoms. The maximum atomic E-state index is 13.6. The molecule has 0 radical (unpaired) electrons. The highest BCUT2D eigenvalue weighted by Gasteiger charge is 2.34. The fourth-order valence-corrected chi connectivity index (χ4v) is 8.58. The molecule has 310 valence electrons. The lowest BCUT2D eigenvalue weighted by Crippen LogP contribution is -2.27. The van der Waals surface area contributed by atoms with Crippen molar-refractivity contribution >= 4 is 38.8 Å². The Morgan fingerprint density at radius 2 is 1.59 bits per heavy atom. The van der Waals surface area contributed by atoms with Crippen LogP contribution in [0.15, 0.2) is 81.1 Å².